The Balaban J connectivity index is 2.71. The van der Waals surface area contributed by atoms with Crippen molar-refractivity contribution in [3.8, 4) is 5.75 Å². The Hall–Kier alpha value is -0.530. The molecule has 100 valence electrons. The molecule has 0 saturated carbocycles. The Labute approximate surface area is 119 Å². The van der Waals surface area contributed by atoms with Crippen molar-refractivity contribution in [3.05, 3.63) is 27.2 Å². The van der Waals surface area contributed by atoms with E-state index in [2.05, 4.69) is 0 Å². The van der Waals surface area contributed by atoms with Crippen LogP contribution in [0, 0.1) is 0 Å². The van der Waals surface area contributed by atoms with Crippen LogP contribution in [0.5, 0.6) is 5.75 Å². The fourth-order valence-corrected chi connectivity index (χ4v) is 1.90. The van der Waals surface area contributed by atoms with Gasteiger partial charge in [0, 0.05) is 12.1 Å². The van der Waals surface area contributed by atoms with Gasteiger partial charge in [0.15, 0.2) is 0 Å². The number of nitrogens with one attached hydrogen (secondary N) is 1. The van der Waals surface area contributed by atoms with Crippen molar-refractivity contribution in [2.45, 2.75) is 0 Å². The summed E-state index contributed by atoms with van der Waals surface area (Å²) in [6.45, 7) is -0.489. The van der Waals surface area contributed by atoms with Crippen LogP contribution >= 0.6 is 34.8 Å². The van der Waals surface area contributed by atoms with Crippen molar-refractivity contribution < 1.29 is 17.9 Å². The molecule has 5 nitrogen and oxygen atoms in total. The summed E-state index contributed by atoms with van der Waals surface area (Å²) >= 11 is 17.2. The molecule has 1 N–H and O–H groups in total. The molecule has 0 aromatic heterocycles. The molecule has 1 rings (SSSR count). The summed E-state index contributed by atoms with van der Waals surface area (Å²) < 4.78 is 28.3. The quantitative estimate of drug-likeness (QED) is 0.521. The molecule has 0 fully saturated rings. The van der Waals surface area contributed by atoms with Crippen molar-refractivity contribution in [2.75, 3.05) is 12.8 Å². The summed E-state index contributed by atoms with van der Waals surface area (Å²) in [5.74, 6) is -0.718. The largest absolute Gasteiger partial charge is 0.425 e. The molecule has 0 spiro atoms. The van der Waals surface area contributed by atoms with E-state index in [-0.39, 0.29) is 20.8 Å². The van der Waals surface area contributed by atoms with Crippen LogP contribution in [-0.4, -0.2) is 27.2 Å². The molecule has 0 bridgehead atoms. The molecule has 0 aliphatic rings. The van der Waals surface area contributed by atoms with Gasteiger partial charge in [0.05, 0.1) is 21.3 Å². The van der Waals surface area contributed by atoms with E-state index >= 15 is 0 Å². The number of hydrogen-bond acceptors (Lipinski definition) is 4. The van der Waals surface area contributed by atoms with Gasteiger partial charge >= 0.3 is 5.97 Å². The van der Waals surface area contributed by atoms with E-state index in [0.29, 0.717) is 0 Å². The molecule has 1 aromatic carbocycles. The number of carbonyl (C=O) groups excluding carboxylic acids is 1. The molecule has 0 unspecified atom stereocenters. The lowest BCUT2D eigenvalue weighted by molar-refractivity contribution is -0.133. The molecular formula is C9H8Cl3NO4S. The summed E-state index contributed by atoms with van der Waals surface area (Å²) in [6, 6.07) is 2.60. The first-order valence-electron chi connectivity index (χ1n) is 4.49. The molecule has 0 aliphatic heterocycles. The lowest BCUT2D eigenvalue weighted by atomic mass is 10.3. The Morgan fingerprint density at radius 1 is 1.28 bits per heavy atom. The number of esters is 1. The molecule has 0 heterocycles. The maximum Gasteiger partial charge on any atom is 0.326 e. The Morgan fingerprint density at radius 3 is 2.22 bits per heavy atom. The zero-order valence-corrected chi connectivity index (χ0v) is 12.1. The van der Waals surface area contributed by atoms with Gasteiger partial charge in [-0.2, -0.15) is 0 Å². The summed E-state index contributed by atoms with van der Waals surface area (Å²) in [6.07, 6.45) is 0.927. The average molecular weight is 333 g/mol. The van der Waals surface area contributed by atoms with E-state index in [1.165, 1.54) is 12.1 Å². The van der Waals surface area contributed by atoms with E-state index in [0.717, 1.165) is 6.26 Å². The number of benzene rings is 1. The summed E-state index contributed by atoms with van der Waals surface area (Å²) in [5, 5.41) is 0.401. The SMILES string of the molecule is CS(=O)(=O)NCC(=O)Oc1cc(Cl)c(Cl)c(Cl)c1. The normalized spacial score (nSPS) is 11.3. The van der Waals surface area contributed by atoms with E-state index in [9.17, 15) is 13.2 Å². The first kappa shape index (κ1) is 15.5. The van der Waals surface area contributed by atoms with Crippen LogP contribution in [0.2, 0.25) is 15.1 Å². The standard InChI is InChI=1S/C9H8Cl3NO4S/c1-18(15,16)13-4-8(14)17-5-2-6(10)9(12)7(11)3-5/h2-3,13H,4H2,1H3. The molecule has 0 radical (unpaired) electrons. The smallest absolute Gasteiger partial charge is 0.326 e. The third-order valence-electron chi connectivity index (χ3n) is 1.67. The van der Waals surface area contributed by atoms with Crippen LogP contribution in [0.15, 0.2) is 12.1 Å². The lowest BCUT2D eigenvalue weighted by Gasteiger charge is -2.07. The first-order chi connectivity index (χ1) is 8.19. The van der Waals surface area contributed by atoms with Crippen LogP contribution in [-0.2, 0) is 14.8 Å². The molecular weight excluding hydrogens is 325 g/mol. The maximum absolute atomic E-state index is 11.3. The van der Waals surface area contributed by atoms with Gasteiger partial charge < -0.3 is 4.74 Å². The number of ether oxygens (including phenoxy) is 1. The molecule has 18 heavy (non-hydrogen) atoms. The fraction of sp³-hybridized carbons (Fsp3) is 0.222. The fourth-order valence-electron chi connectivity index (χ4n) is 0.949. The Kier molecular flexibility index (Phi) is 5.24. The van der Waals surface area contributed by atoms with Gasteiger partial charge in [0.2, 0.25) is 10.0 Å². The zero-order valence-electron chi connectivity index (χ0n) is 9.04. The van der Waals surface area contributed by atoms with Gasteiger partial charge in [0.25, 0.3) is 0 Å². The first-order valence-corrected chi connectivity index (χ1v) is 7.51. The van der Waals surface area contributed by atoms with Crippen LogP contribution in [0.3, 0.4) is 0 Å². The Morgan fingerprint density at radius 2 is 1.78 bits per heavy atom. The average Bonchev–Trinajstić information content (AvgIpc) is 2.22. The van der Waals surface area contributed by atoms with E-state index < -0.39 is 22.5 Å². The van der Waals surface area contributed by atoms with Gasteiger partial charge in [-0.3, -0.25) is 4.79 Å². The van der Waals surface area contributed by atoms with E-state index in [4.69, 9.17) is 39.5 Å². The minimum atomic E-state index is -3.46. The monoisotopic (exact) mass is 331 g/mol. The predicted octanol–water partition coefficient (Wildman–Crippen LogP) is 2.10. The highest BCUT2D eigenvalue weighted by Crippen LogP contribution is 2.34. The molecule has 0 amide bonds. The van der Waals surface area contributed by atoms with Gasteiger partial charge in [-0.25, -0.2) is 13.1 Å². The minimum Gasteiger partial charge on any atom is -0.425 e. The predicted molar refractivity (Wildman–Crippen MR) is 70.0 cm³/mol. The highest BCUT2D eigenvalue weighted by atomic mass is 35.5. The Bertz CT molecular complexity index is 550. The third-order valence-corrected chi connectivity index (χ3v) is 3.53. The second-order valence-corrected chi connectivity index (χ2v) is 6.29. The second-order valence-electron chi connectivity index (χ2n) is 3.27. The molecule has 1 aromatic rings. The molecule has 9 heteroatoms. The molecule has 0 atom stereocenters. The van der Waals surface area contributed by atoms with E-state index in [1.807, 2.05) is 4.72 Å². The van der Waals surface area contributed by atoms with Crippen molar-refractivity contribution in [1.29, 1.82) is 0 Å². The zero-order chi connectivity index (χ0) is 13.9. The van der Waals surface area contributed by atoms with Crippen LogP contribution in [0.1, 0.15) is 0 Å². The summed E-state index contributed by atoms with van der Waals surface area (Å²) in [5.41, 5.74) is 0. The molecule has 0 aliphatic carbocycles. The van der Waals surface area contributed by atoms with Crippen molar-refractivity contribution in [1.82, 2.24) is 4.72 Å². The van der Waals surface area contributed by atoms with Gasteiger partial charge in [-0.15, -0.1) is 0 Å². The highest BCUT2D eigenvalue weighted by molar-refractivity contribution is 7.88. The summed E-state index contributed by atoms with van der Waals surface area (Å²) in [4.78, 5) is 11.3. The van der Waals surface area contributed by atoms with Gasteiger partial charge in [-0.05, 0) is 0 Å². The maximum atomic E-state index is 11.3. The van der Waals surface area contributed by atoms with Crippen molar-refractivity contribution >= 4 is 50.8 Å². The van der Waals surface area contributed by atoms with Crippen LogP contribution < -0.4 is 9.46 Å². The number of sulfonamides is 1. The topological polar surface area (TPSA) is 72.5 Å². The summed E-state index contributed by atoms with van der Waals surface area (Å²) in [7, 11) is -3.46. The van der Waals surface area contributed by atoms with Gasteiger partial charge in [-0.1, -0.05) is 34.8 Å². The van der Waals surface area contributed by atoms with Gasteiger partial charge in [0.1, 0.15) is 12.3 Å². The number of rotatable bonds is 4. The van der Waals surface area contributed by atoms with E-state index in [1.54, 1.807) is 0 Å². The number of halogens is 3. The van der Waals surface area contributed by atoms with Crippen LogP contribution in [0.25, 0.3) is 0 Å². The number of carbonyl (C=O) groups is 1. The lowest BCUT2D eigenvalue weighted by Crippen LogP contribution is -2.30. The van der Waals surface area contributed by atoms with Crippen molar-refractivity contribution in [3.63, 3.8) is 0 Å². The number of hydrogen-bond donors (Lipinski definition) is 1. The molecule has 0 saturated heterocycles. The minimum absolute atomic E-state index is 0.0784. The third kappa shape index (κ3) is 4.99. The van der Waals surface area contributed by atoms with Crippen molar-refractivity contribution in [2.24, 2.45) is 0 Å². The second kappa shape index (κ2) is 6.08. The highest BCUT2D eigenvalue weighted by Gasteiger charge is 2.12. The van der Waals surface area contributed by atoms with Crippen LogP contribution in [0.4, 0.5) is 0 Å².